The van der Waals surface area contributed by atoms with Crippen LogP contribution in [0.2, 0.25) is 0 Å². The first-order valence-corrected chi connectivity index (χ1v) is 8.69. The van der Waals surface area contributed by atoms with Crippen molar-refractivity contribution in [3.05, 3.63) is 78.1 Å². The van der Waals surface area contributed by atoms with E-state index in [9.17, 15) is 9.18 Å². The number of halogens is 1. The van der Waals surface area contributed by atoms with Crippen LogP contribution in [0.4, 0.5) is 4.39 Å². The van der Waals surface area contributed by atoms with Crippen LogP contribution in [-0.2, 0) is 6.54 Å². The van der Waals surface area contributed by atoms with E-state index in [1.807, 2.05) is 31.2 Å². The molecule has 0 fully saturated rings. The predicted octanol–water partition coefficient (Wildman–Crippen LogP) is 3.71. The molecular weight excluding hydrogens is 345 g/mol. The van der Waals surface area contributed by atoms with Crippen molar-refractivity contribution < 1.29 is 13.9 Å². The summed E-state index contributed by atoms with van der Waals surface area (Å²) in [5.41, 5.74) is 2.98. The summed E-state index contributed by atoms with van der Waals surface area (Å²) >= 11 is 0. The summed E-state index contributed by atoms with van der Waals surface area (Å²) in [6.07, 6.45) is 4.42. The van der Waals surface area contributed by atoms with Crippen LogP contribution < -0.4 is 4.74 Å². The SMILES string of the molecule is C[C@H]1COc2ccc(-c3cccc(F)c3)cc2CN1C(=O)c1cncnc1. The molecule has 0 bridgehead atoms. The van der Waals surface area contributed by atoms with Gasteiger partial charge in [0.25, 0.3) is 5.91 Å². The smallest absolute Gasteiger partial charge is 0.257 e. The summed E-state index contributed by atoms with van der Waals surface area (Å²) in [5.74, 6) is 0.311. The number of amides is 1. The second-order valence-electron chi connectivity index (χ2n) is 6.55. The molecular formula is C21H18FN3O2. The van der Waals surface area contributed by atoms with Crippen LogP contribution in [0.15, 0.2) is 61.2 Å². The van der Waals surface area contributed by atoms with Gasteiger partial charge < -0.3 is 9.64 Å². The summed E-state index contributed by atoms with van der Waals surface area (Å²) in [4.78, 5) is 22.5. The van der Waals surface area contributed by atoms with Crippen molar-refractivity contribution in [2.24, 2.45) is 0 Å². The largest absolute Gasteiger partial charge is 0.491 e. The highest BCUT2D eigenvalue weighted by Gasteiger charge is 2.27. The molecule has 6 heteroatoms. The van der Waals surface area contributed by atoms with E-state index in [2.05, 4.69) is 9.97 Å². The standard InChI is InChI=1S/C21H18FN3O2/c1-14-12-27-20-6-5-16(15-3-2-4-19(22)8-15)7-17(20)11-25(14)21(26)18-9-23-13-24-10-18/h2-10,13-14H,11-12H2,1H3/t14-/m0/s1. The number of carbonyl (C=O) groups excluding carboxylic acids is 1. The number of nitrogens with zero attached hydrogens (tertiary/aromatic N) is 3. The molecule has 1 atom stereocenters. The highest BCUT2D eigenvalue weighted by molar-refractivity contribution is 5.93. The lowest BCUT2D eigenvalue weighted by Gasteiger charge is -2.26. The Morgan fingerprint density at radius 3 is 2.70 bits per heavy atom. The number of carbonyl (C=O) groups is 1. The minimum Gasteiger partial charge on any atom is -0.491 e. The van der Waals surface area contributed by atoms with Crippen molar-refractivity contribution >= 4 is 5.91 Å². The lowest BCUT2D eigenvalue weighted by Crippen LogP contribution is -2.39. The fourth-order valence-electron chi connectivity index (χ4n) is 3.18. The molecule has 0 saturated heterocycles. The summed E-state index contributed by atoms with van der Waals surface area (Å²) in [5, 5.41) is 0. The molecule has 4 rings (SSSR count). The van der Waals surface area contributed by atoms with Crippen LogP contribution in [0.5, 0.6) is 5.75 Å². The van der Waals surface area contributed by atoms with Crippen molar-refractivity contribution in [2.45, 2.75) is 19.5 Å². The Kier molecular flexibility index (Phi) is 4.54. The monoisotopic (exact) mass is 363 g/mol. The average molecular weight is 363 g/mol. The van der Waals surface area contributed by atoms with Gasteiger partial charge in [0.05, 0.1) is 18.2 Å². The van der Waals surface area contributed by atoms with Gasteiger partial charge in [-0.1, -0.05) is 18.2 Å². The fraction of sp³-hybridized carbons (Fsp3) is 0.190. The van der Waals surface area contributed by atoms with E-state index < -0.39 is 0 Å². The molecule has 1 aliphatic rings. The zero-order valence-electron chi connectivity index (χ0n) is 14.8. The van der Waals surface area contributed by atoms with Crippen LogP contribution in [0.25, 0.3) is 11.1 Å². The van der Waals surface area contributed by atoms with Gasteiger partial charge in [-0.15, -0.1) is 0 Å². The topological polar surface area (TPSA) is 55.3 Å². The van der Waals surface area contributed by atoms with E-state index in [-0.39, 0.29) is 17.8 Å². The van der Waals surface area contributed by atoms with Crippen molar-refractivity contribution in [1.29, 1.82) is 0 Å². The van der Waals surface area contributed by atoms with Crippen molar-refractivity contribution in [1.82, 2.24) is 14.9 Å². The zero-order valence-corrected chi connectivity index (χ0v) is 14.8. The Labute approximate surface area is 156 Å². The number of hydrogen-bond acceptors (Lipinski definition) is 4. The molecule has 1 aromatic heterocycles. The van der Waals surface area contributed by atoms with E-state index in [1.165, 1.54) is 30.9 Å². The number of ether oxygens (including phenoxy) is 1. The minimum absolute atomic E-state index is 0.109. The third-order valence-electron chi connectivity index (χ3n) is 4.64. The quantitative estimate of drug-likeness (QED) is 0.697. The minimum atomic E-state index is -0.284. The Morgan fingerprint density at radius 2 is 1.93 bits per heavy atom. The van der Waals surface area contributed by atoms with Crippen LogP contribution in [0.1, 0.15) is 22.8 Å². The summed E-state index contributed by atoms with van der Waals surface area (Å²) in [7, 11) is 0. The molecule has 0 radical (unpaired) electrons. The lowest BCUT2D eigenvalue weighted by atomic mass is 10.0. The van der Waals surface area contributed by atoms with Crippen molar-refractivity contribution in [3.8, 4) is 16.9 Å². The fourth-order valence-corrected chi connectivity index (χ4v) is 3.18. The van der Waals surface area contributed by atoms with Crippen molar-refractivity contribution in [3.63, 3.8) is 0 Å². The number of rotatable bonds is 2. The molecule has 136 valence electrons. The van der Waals surface area contributed by atoms with Gasteiger partial charge >= 0.3 is 0 Å². The number of benzene rings is 2. The third-order valence-corrected chi connectivity index (χ3v) is 4.64. The van der Waals surface area contributed by atoms with E-state index in [0.717, 1.165) is 22.4 Å². The van der Waals surface area contributed by atoms with E-state index in [4.69, 9.17) is 4.74 Å². The number of hydrogen-bond donors (Lipinski definition) is 0. The molecule has 2 aromatic carbocycles. The van der Waals surface area contributed by atoms with Crippen molar-refractivity contribution in [2.75, 3.05) is 6.61 Å². The maximum atomic E-state index is 13.6. The summed E-state index contributed by atoms with van der Waals surface area (Å²) in [6.45, 7) is 2.74. The molecule has 1 aliphatic heterocycles. The first-order valence-electron chi connectivity index (χ1n) is 8.69. The third kappa shape index (κ3) is 3.51. The molecule has 5 nitrogen and oxygen atoms in total. The summed E-state index contributed by atoms with van der Waals surface area (Å²) < 4.78 is 19.5. The Morgan fingerprint density at radius 1 is 1.15 bits per heavy atom. The molecule has 27 heavy (non-hydrogen) atoms. The van der Waals surface area contributed by atoms with Gasteiger partial charge in [-0.25, -0.2) is 14.4 Å². The van der Waals surface area contributed by atoms with Crippen LogP contribution >= 0.6 is 0 Å². The van der Waals surface area contributed by atoms with Crippen LogP contribution in [0.3, 0.4) is 0 Å². The van der Waals surface area contributed by atoms with Crippen LogP contribution in [0, 0.1) is 5.82 Å². The molecule has 2 heterocycles. The second-order valence-corrected chi connectivity index (χ2v) is 6.55. The van der Waals surface area contributed by atoms with E-state index in [1.54, 1.807) is 11.0 Å². The maximum Gasteiger partial charge on any atom is 0.257 e. The summed E-state index contributed by atoms with van der Waals surface area (Å²) in [6, 6.07) is 12.1. The maximum absolute atomic E-state index is 13.6. The number of aromatic nitrogens is 2. The van der Waals surface area contributed by atoms with Gasteiger partial charge in [0.1, 0.15) is 24.5 Å². The Balaban J connectivity index is 1.68. The second kappa shape index (κ2) is 7.15. The van der Waals surface area contributed by atoms with Gasteiger partial charge in [0, 0.05) is 18.0 Å². The first-order chi connectivity index (χ1) is 13.1. The number of fused-ring (bicyclic) bond motifs is 1. The molecule has 0 aliphatic carbocycles. The van der Waals surface area contributed by atoms with E-state index in [0.29, 0.717) is 18.7 Å². The highest BCUT2D eigenvalue weighted by Crippen LogP contribution is 2.31. The van der Waals surface area contributed by atoms with E-state index >= 15 is 0 Å². The molecule has 3 aromatic rings. The Bertz CT molecular complexity index is 978. The molecule has 0 spiro atoms. The van der Waals surface area contributed by atoms with Gasteiger partial charge in [-0.05, 0) is 42.3 Å². The van der Waals surface area contributed by atoms with Gasteiger partial charge in [0.2, 0.25) is 0 Å². The highest BCUT2D eigenvalue weighted by atomic mass is 19.1. The normalized spacial score (nSPS) is 16.2. The molecule has 0 saturated carbocycles. The zero-order chi connectivity index (χ0) is 18.8. The van der Waals surface area contributed by atoms with Gasteiger partial charge in [-0.3, -0.25) is 4.79 Å². The molecule has 1 amide bonds. The Hall–Kier alpha value is -3.28. The predicted molar refractivity (Wildman–Crippen MR) is 98.7 cm³/mol. The molecule has 0 N–H and O–H groups in total. The lowest BCUT2D eigenvalue weighted by molar-refractivity contribution is 0.0644. The average Bonchev–Trinajstić information content (AvgIpc) is 2.86. The first kappa shape index (κ1) is 17.1. The van der Waals surface area contributed by atoms with Gasteiger partial charge in [-0.2, -0.15) is 0 Å². The molecule has 0 unspecified atom stereocenters. The van der Waals surface area contributed by atoms with Crippen LogP contribution in [-0.4, -0.2) is 33.4 Å². The van der Waals surface area contributed by atoms with Gasteiger partial charge in [0.15, 0.2) is 0 Å².